The number of benzene rings is 3. The molecule has 148 valence electrons. The van der Waals surface area contributed by atoms with E-state index >= 15 is 0 Å². The average Bonchev–Trinajstić information content (AvgIpc) is 2.80. The third kappa shape index (κ3) is 4.33. The van der Waals surface area contributed by atoms with Gasteiger partial charge in [0.1, 0.15) is 5.75 Å². The Morgan fingerprint density at radius 3 is 2.28 bits per heavy atom. The number of Topliss-reactive ketones (excluding diaryl/α,β-unsaturated/α-hetero) is 1. The zero-order valence-corrected chi connectivity index (χ0v) is 16.7. The maximum atomic E-state index is 13.3. The van der Waals surface area contributed by atoms with Gasteiger partial charge in [-0.2, -0.15) is 0 Å². The minimum Gasteiger partial charge on any atom is -0.495 e. The molecule has 0 amide bonds. The van der Waals surface area contributed by atoms with E-state index in [1.807, 2.05) is 54.6 Å². The van der Waals surface area contributed by atoms with E-state index in [1.165, 1.54) is 0 Å². The van der Waals surface area contributed by atoms with Gasteiger partial charge in [0.2, 0.25) is 0 Å². The summed E-state index contributed by atoms with van der Waals surface area (Å²) in [5.41, 5.74) is 4.73. The Labute approximate surface area is 172 Å². The summed E-state index contributed by atoms with van der Waals surface area (Å²) in [4.78, 5) is 15.6. The van der Waals surface area contributed by atoms with Crippen molar-refractivity contribution in [1.82, 2.24) is 5.32 Å². The summed E-state index contributed by atoms with van der Waals surface area (Å²) in [6, 6.07) is 24.2. The number of anilines is 1. The van der Waals surface area contributed by atoms with Crippen LogP contribution >= 0.6 is 0 Å². The zero-order chi connectivity index (χ0) is 20.1. The first kappa shape index (κ1) is 19.2. The van der Waals surface area contributed by atoms with Crippen LogP contribution in [0.2, 0.25) is 0 Å². The van der Waals surface area contributed by atoms with Crippen LogP contribution in [-0.2, 0) is 6.42 Å². The second kappa shape index (κ2) is 8.93. The Kier molecular flexibility index (Phi) is 5.92. The van der Waals surface area contributed by atoms with Crippen molar-refractivity contribution in [2.45, 2.75) is 6.42 Å². The van der Waals surface area contributed by atoms with E-state index < -0.39 is 0 Å². The Hall–Kier alpha value is -3.11. The molecule has 0 atom stereocenters. The smallest absolute Gasteiger partial charge is 0.171 e. The number of rotatable bonds is 6. The van der Waals surface area contributed by atoms with Crippen molar-refractivity contribution in [3.63, 3.8) is 0 Å². The molecule has 0 aromatic heterocycles. The SMILES string of the molecule is COc1c(C(=O)Cc2ccccc2)cc(N2CCNCC2)cc1-c1ccccc1. The monoisotopic (exact) mass is 386 g/mol. The van der Waals surface area contributed by atoms with Crippen molar-refractivity contribution in [3.05, 3.63) is 83.9 Å². The molecule has 3 aromatic carbocycles. The van der Waals surface area contributed by atoms with Crippen molar-refractivity contribution < 1.29 is 9.53 Å². The maximum Gasteiger partial charge on any atom is 0.171 e. The van der Waals surface area contributed by atoms with Gasteiger partial charge in [-0.25, -0.2) is 0 Å². The lowest BCUT2D eigenvalue weighted by atomic mass is 9.95. The van der Waals surface area contributed by atoms with Gasteiger partial charge in [-0.05, 0) is 23.3 Å². The van der Waals surface area contributed by atoms with Gasteiger partial charge in [0, 0.05) is 43.9 Å². The fraction of sp³-hybridized carbons (Fsp3) is 0.240. The van der Waals surface area contributed by atoms with Crippen molar-refractivity contribution in [2.75, 3.05) is 38.2 Å². The number of carbonyl (C=O) groups is 1. The highest BCUT2D eigenvalue weighted by Crippen LogP contribution is 2.38. The summed E-state index contributed by atoms with van der Waals surface area (Å²) >= 11 is 0. The molecule has 0 saturated carbocycles. The molecular weight excluding hydrogens is 360 g/mol. The van der Waals surface area contributed by atoms with E-state index in [4.69, 9.17) is 4.74 Å². The van der Waals surface area contributed by atoms with Crippen LogP contribution in [0.1, 0.15) is 15.9 Å². The van der Waals surface area contributed by atoms with Gasteiger partial charge in [0.15, 0.2) is 5.78 Å². The maximum absolute atomic E-state index is 13.3. The number of nitrogens with one attached hydrogen (secondary N) is 1. The molecule has 1 heterocycles. The molecule has 4 nitrogen and oxygen atoms in total. The molecule has 0 spiro atoms. The number of methoxy groups -OCH3 is 1. The largest absolute Gasteiger partial charge is 0.495 e. The first-order chi connectivity index (χ1) is 14.3. The quantitative estimate of drug-likeness (QED) is 0.645. The molecule has 29 heavy (non-hydrogen) atoms. The minimum absolute atomic E-state index is 0.0715. The van der Waals surface area contributed by atoms with Crippen molar-refractivity contribution in [1.29, 1.82) is 0 Å². The molecule has 1 aliphatic heterocycles. The predicted octanol–water partition coefficient (Wildman–Crippen LogP) is 4.20. The van der Waals surface area contributed by atoms with Crippen LogP contribution < -0.4 is 15.0 Å². The normalized spacial score (nSPS) is 13.9. The van der Waals surface area contributed by atoms with Crippen LogP contribution in [-0.4, -0.2) is 39.1 Å². The van der Waals surface area contributed by atoms with Crippen LogP contribution in [0.5, 0.6) is 5.75 Å². The van der Waals surface area contributed by atoms with Crippen molar-refractivity contribution in [3.8, 4) is 16.9 Å². The molecule has 1 saturated heterocycles. The molecule has 4 rings (SSSR count). The summed E-state index contributed by atoms with van der Waals surface area (Å²) in [5.74, 6) is 0.721. The van der Waals surface area contributed by atoms with Gasteiger partial charge in [0.25, 0.3) is 0 Å². The number of carbonyl (C=O) groups excluding carboxylic acids is 1. The van der Waals surface area contributed by atoms with Gasteiger partial charge in [-0.1, -0.05) is 60.7 Å². The molecule has 0 radical (unpaired) electrons. The Balaban J connectivity index is 1.80. The van der Waals surface area contributed by atoms with E-state index in [2.05, 4.69) is 28.4 Å². The zero-order valence-electron chi connectivity index (χ0n) is 16.7. The number of piperazine rings is 1. The Morgan fingerprint density at radius 1 is 0.966 bits per heavy atom. The molecule has 0 bridgehead atoms. The first-order valence-electron chi connectivity index (χ1n) is 10.1. The number of hydrogen-bond donors (Lipinski definition) is 1. The van der Waals surface area contributed by atoms with E-state index in [0.29, 0.717) is 17.7 Å². The van der Waals surface area contributed by atoms with Gasteiger partial charge in [-0.15, -0.1) is 0 Å². The number of nitrogens with zero attached hydrogens (tertiary/aromatic N) is 1. The van der Waals surface area contributed by atoms with Crippen LogP contribution in [0.25, 0.3) is 11.1 Å². The first-order valence-corrected chi connectivity index (χ1v) is 10.1. The highest BCUT2D eigenvalue weighted by Gasteiger charge is 2.22. The van der Waals surface area contributed by atoms with Crippen LogP contribution in [0.15, 0.2) is 72.8 Å². The van der Waals surface area contributed by atoms with E-state index in [0.717, 1.165) is 48.6 Å². The standard InChI is InChI=1S/C25H26N2O2/c1-29-25-22(20-10-6-3-7-11-20)17-21(27-14-12-26-13-15-27)18-23(25)24(28)16-19-8-4-2-5-9-19/h2-11,17-18,26H,12-16H2,1H3. The van der Waals surface area contributed by atoms with E-state index in [1.54, 1.807) is 7.11 Å². The van der Waals surface area contributed by atoms with Gasteiger partial charge in [-0.3, -0.25) is 4.79 Å². The Morgan fingerprint density at radius 2 is 1.62 bits per heavy atom. The number of ether oxygens (including phenoxy) is 1. The molecule has 3 aromatic rings. The lowest BCUT2D eigenvalue weighted by Crippen LogP contribution is -2.43. The lowest BCUT2D eigenvalue weighted by molar-refractivity contribution is 0.0990. The summed E-state index contributed by atoms with van der Waals surface area (Å²) in [7, 11) is 1.64. The molecule has 1 N–H and O–H groups in total. The molecule has 0 aliphatic carbocycles. The van der Waals surface area contributed by atoms with E-state index in [-0.39, 0.29) is 5.78 Å². The summed E-state index contributed by atoms with van der Waals surface area (Å²) in [6.45, 7) is 3.74. The van der Waals surface area contributed by atoms with Crippen molar-refractivity contribution in [2.24, 2.45) is 0 Å². The van der Waals surface area contributed by atoms with Crippen LogP contribution in [0, 0.1) is 0 Å². The van der Waals surface area contributed by atoms with Crippen LogP contribution in [0.3, 0.4) is 0 Å². The van der Waals surface area contributed by atoms with E-state index in [9.17, 15) is 4.79 Å². The topological polar surface area (TPSA) is 41.6 Å². The third-order valence-electron chi connectivity index (χ3n) is 5.35. The third-order valence-corrected chi connectivity index (χ3v) is 5.35. The van der Waals surface area contributed by atoms with Gasteiger partial charge >= 0.3 is 0 Å². The molecule has 1 fully saturated rings. The predicted molar refractivity (Wildman–Crippen MR) is 118 cm³/mol. The number of hydrogen-bond acceptors (Lipinski definition) is 4. The van der Waals surface area contributed by atoms with Crippen molar-refractivity contribution >= 4 is 11.5 Å². The second-order valence-corrected chi connectivity index (χ2v) is 7.26. The Bertz CT molecular complexity index is 965. The average molecular weight is 386 g/mol. The minimum atomic E-state index is 0.0715. The fourth-order valence-corrected chi connectivity index (χ4v) is 3.85. The second-order valence-electron chi connectivity index (χ2n) is 7.26. The summed E-state index contributed by atoms with van der Waals surface area (Å²) < 4.78 is 5.78. The lowest BCUT2D eigenvalue weighted by Gasteiger charge is -2.30. The molecular formula is C25H26N2O2. The summed E-state index contributed by atoms with van der Waals surface area (Å²) in [6.07, 6.45) is 0.358. The van der Waals surface area contributed by atoms with Gasteiger partial charge < -0.3 is 15.0 Å². The van der Waals surface area contributed by atoms with Crippen LogP contribution in [0.4, 0.5) is 5.69 Å². The molecule has 4 heteroatoms. The summed E-state index contributed by atoms with van der Waals surface area (Å²) in [5, 5.41) is 3.39. The number of ketones is 1. The van der Waals surface area contributed by atoms with Gasteiger partial charge in [0.05, 0.1) is 12.7 Å². The highest BCUT2D eigenvalue weighted by molar-refractivity contribution is 6.03. The fourth-order valence-electron chi connectivity index (χ4n) is 3.85. The molecule has 0 unspecified atom stereocenters. The highest BCUT2D eigenvalue weighted by atomic mass is 16.5. The molecule has 1 aliphatic rings.